The number of nitrogens with two attached hydrogens (primary N) is 1. The lowest BCUT2D eigenvalue weighted by atomic mass is 10.1. The Bertz CT molecular complexity index is 617. The molecule has 0 saturated heterocycles. The van der Waals surface area contributed by atoms with Gasteiger partial charge in [-0.15, -0.1) is 0 Å². The Balaban J connectivity index is 2.20. The molecule has 2 aromatic rings. The van der Waals surface area contributed by atoms with E-state index < -0.39 is 0 Å². The average molecular weight is 349 g/mol. The fraction of sp³-hybridized carbons (Fsp3) is 0.188. The number of halogens is 1. The van der Waals surface area contributed by atoms with Crippen LogP contribution in [0, 0.1) is 0 Å². The summed E-state index contributed by atoms with van der Waals surface area (Å²) in [6.45, 7) is 0.673. The summed E-state index contributed by atoms with van der Waals surface area (Å²) in [6, 6.07) is 14.8. The van der Waals surface area contributed by atoms with Crippen LogP contribution in [0.5, 0.6) is 0 Å². The van der Waals surface area contributed by atoms with Gasteiger partial charge in [0.05, 0.1) is 6.61 Å². The van der Waals surface area contributed by atoms with E-state index in [9.17, 15) is 9.90 Å². The molecule has 0 atom stereocenters. The number of nitrogen functional groups attached to an aromatic ring is 1. The largest absolute Gasteiger partial charge is 0.398 e. The van der Waals surface area contributed by atoms with Gasteiger partial charge >= 0.3 is 0 Å². The topological polar surface area (TPSA) is 66.6 Å². The molecule has 5 heteroatoms. The van der Waals surface area contributed by atoms with Gasteiger partial charge in [0.25, 0.3) is 5.91 Å². The summed E-state index contributed by atoms with van der Waals surface area (Å²) in [5.74, 6) is -0.131. The highest BCUT2D eigenvalue weighted by Gasteiger charge is 2.16. The Morgan fingerprint density at radius 2 is 1.90 bits per heavy atom. The minimum atomic E-state index is -0.131. The zero-order chi connectivity index (χ0) is 15.2. The van der Waals surface area contributed by atoms with E-state index in [0.29, 0.717) is 22.3 Å². The van der Waals surface area contributed by atoms with Crippen molar-refractivity contribution in [1.82, 2.24) is 4.90 Å². The molecule has 0 fully saturated rings. The highest BCUT2D eigenvalue weighted by atomic mass is 79.9. The number of aliphatic hydroxyl groups excluding tert-OH is 1. The molecule has 2 rings (SSSR count). The number of benzene rings is 2. The van der Waals surface area contributed by atoms with E-state index in [1.165, 1.54) is 0 Å². The third kappa shape index (κ3) is 4.06. The van der Waals surface area contributed by atoms with Crippen LogP contribution in [0.4, 0.5) is 5.69 Å². The van der Waals surface area contributed by atoms with Crippen molar-refractivity contribution in [1.29, 1.82) is 0 Å². The predicted molar refractivity (Wildman–Crippen MR) is 86.8 cm³/mol. The van der Waals surface area contributed by atoms with Crippen molar-refractivity contribution in [3.05, 3.63) is 64.1 Å². The summed E-state index contributed by atoms with van der Waals surface area (Å²) in [4.78, 5) is 14.2. The van der Waals surface area contributed by atoms with Crippen LogP contribution in [0.25, 0.3) is 0 Å². The number of nitrogens with zero attached hydrogens (tertiary/aromatic N) is 1. The van der Waals surface area contributed by atoms with Crippen molar-refractivity contribution < 1.29 is 9.90 Å². The molecule has 1 amide bonds. The highest BCUT2D eigenvalue weighted by molar-refractivity contribution is 9.10. The molecule has 0 aliphatic rings. The summed E-state index contributed by atoms with van der Waals surface area (Å²) in [5, 5.41) is 9.19. The van der Waals surface area contributed by atoms with Gasteiger partial charge in [0.15, 0.2) is 0 Å². The van der Waals surface area contributed by atoms with Gasteiger partial charge < -0.3 is 15.7 Å². The summed E-state index contributed by atoms with van der Waals surface area (Å²) in [6.07, 6.45) is 0. The molecule has 110 valence electrons. The molecular formula is C16H17BrN2O2. The lowest BCUT2D eigenvalue weighted by molar-refractivity contribution is 0.0708. The predicted octanol–water partition coefficient (Wildman–Crippen LogP) is 2.67. The summed E-state index contributed by atoms with van der Waals surface area (Å²) in [5.41, 5.74) is 7.89. The van der Waals surface area contributed by atoms with Gasteiger partial charge in [-0.3, -0.25) is 4.79 Å². The van der Waals surface area contributed by atoms with E-state index in [4.69, 9.17) is 5.73 Å². The molecule has 21 heavy (non-hydrogen) atoms. The molecule has 0 aromatic heterocycles. The first-order valence-electron chi connectivity index (χ1n) is 6.61. The monoisotopic (exact) mass is 348 g/mol. The number of rotatable bonds is 5. The van der Waals surface area contributed by atoms with Crippen LogP contribution >= 0.6 is 15.9 Å². The molecule has 3 N–H and O–H groups in total. The van der Waals surface area contributed by atoms with E-state index in [1.807, 2.05) is 30.3 Å². The number of carbonyl (C=O) groups excluding carboxylic acids is 1. The smallest absolute Gasteiger partial charge is 0.254 e. The molecule has 0 spiro atoms. The van der Waals surface area contributed by atoms with E-state index in [0.717, 1.165) is 5.56 Å². The number of carbonyl (C=O) groups is 1. The number of hydrogen-bond donors (Lipinski definition) is 2. The number of anilines is 1. The van der Waals surface area contributed by atoms with Crippen LogP contribution in [-0.2, 0) is 6.54 Å². The molecule has 4 nitrogen and oxygen atoms in total. The van der Waals surface area contributed by atoms with E-state index in [1.54, 1.807) is 23.1 Å². The Kier molecular flexibility index (Phi) is 5.36. The number of aliphatic hydroxyl groups is 1. The van der Waals surface area contributed by atoms with Gasteiger partial charge in [0, 0.05) is 28.8 Å². The van der Waals surface area contributed by atoms with E-state index in [2.05, 4.69) is 15.9 Å². The quantitative estimate of drug-likeness (QED) is 0.816. The number of hydrogen-bond acceptors (Lipinski definition) is 3. The fourth-order valence-corrected chi connectivity index (χ4v) is 2.40. The first-order valence-corrected chi connectivity index (χ1v) is 7.40. The van der Waals surface area contributed by atoms with Crippen LogP contribution in [0.1, 0.15) is 15.9 Å². The second kappa shape index (κ2) is 7.24. The Morgan fingerprint density at radius 1 is 1.19 bits per heavy atom. The normalized spacial score (nSPS) is 10.4. The van der Waals surface area contributed by atoms with Gasteiger partial charge in [-0.25, -0.2) is 0 Å². The van der Waals surface area contributed by atoms with Crippen molar-refractivity contribution in [2.45, 2.75) is 6.54 Å². The van der Waals surface area contributed by atoms with Crippen molar-refractivity contribution >= 4 is 27.5 Å². The van der Waals surface area contributed by atoms with Crippen LogP contribution < -0.4 is 5.73 Å². The maximum atomic E-state index is 12.6. The zero-order valence-corrected chi connectivity index (χ0v) is 13.1. The van der Waals surface area contributed by atoms with Gasteiger partial charge in [0.1, 0.15) is 0 Å². The van der Waals surface area contributed by atoms with Gasteiger partial charge in [-0.05, 0) is 39.7 Å². The van der Waals surface area contributed by atoms with Crippen LogP contribution in [0.3, 0.4) is 0 Å². The molecule has 0 unspecified atom stereocenters. The lowest BCUT2D eigenvalue weighted by Gasteiger charge is -2.22. The van der Waals surface area contributed by atoms with Crippen molar-refractivity contribution in [2.75, 3.05) is 18.9 Å². The zero-order valence-electron chi connectivity index (χ0n) is 11.5. The molecule has 0 radical (unpaired) electrons. The SMILES string of the molecule is Nc1ccc(C(=O)N(CCO)Cc2ccccc2)cc1Br. The minimum absolute atomic E-state index is 0.0747. The van der Waals surface area contributed by atoms with Gasteiger partial charge in [-0.2, -0.15) is 0 Å². The van der Waals surface area contributed by atoms with E-state index >= 15 is 0 Å². The van der Waals surface area contributed by atoms with Crippen LogP contribution in [-0.4, -0.2) is 29.1 Å². The third-order valence-electron chi connectivity index (χ3n) is 3.12. The van der Waals surface area contributed by atoms with E-state index in [-0.39, 0.29) is 19.1 Å². The van der Waals surface area contributed by atoms with Gasteiger partial charge in [0.2, 0.25) is 0 Å². The third-order valence-corrected chi connectivity index (χ3v) is 3.81. The minimum Gasteiger partial charge on any atom is -0.398 e. The summed E-state index contributed by atoms with van der Waals surface area (Å²) in [7, 11) is 0. The molecule has 0 aliphatic heterocycles. The van der Waals surface area contributed by atoms with Gasteiger partial charge in [-0.1, -0.05) is 30.3 Å². The molecule has 2 aromatic carbocycles. The molecule has 0 bridgehead atoms. The second-order valence-corrected chi connectivity index (χ2v) is 5.53. The summed E-state index contributed by atoms with van der Waals surface area (Å²) < 4.78 is 0.692. The Labute approximate surface area is 132 Å². The average Bonchev–Trinajstić information content (AvgIpc) is 2.50. The maximum absolute atomic E-state index is 12.6. The first kappa shape index (κ1) is 15.5. The molecular weight excluding hydrogens is 332 g/mol. The van der Waals surface area contributed by atoms with Crippen LogP contribution in [0.2, 0.25) is 0 Å². The molecule has 0 aliphatic carbocycles. The van der Waals surface area contributed by atoms with Crippen LogP contribution in [0.15, 0.2) is 53.0 Å². The Morgan fingerprint density at radius 3 is 2.52 bits per heavy atom. The summed E-state index contributed by atoms with van der Waals surface area (Å²) >= 11 is 3.32. The highest BCUT2D eigenvalue weighted by Crippen LogP contribution is 2.21. The maximum Gasteiger partial charge on any atom is 0.254 e. The molecule has 0 saturated carbocycles. The lowest BCUT2D eigenvalue weighted by Crippen LogP contribution is -2.33. The van der Waals surface area contributed by atoms with Crippen molar-refractivity contribution in [3.8, 4) is 0 Å². The molecule has 0 heterocycles. The first-order chi connectivity index (χ1) is 10.1. The van der Waals surface area contributed by atoms with Crippen molar-refractivity contribution in [3.63, 3.8) is 0 Å². The second-order valence-electron chi connectivity index (χ2n) is 4.67. The van der Waals surface area contributed by atoms with Crippen molar-refractivity contribution in [2.24, 2.45) is 0 Å². The standard InChI is InChI=1S/C16H17BrN2O2/c17-14-10-13(6-7-15(14)18)16(21)19(8-9-20)11-12-4-2-1-3-5-12/h1-7,10,20H,8-9,11,18H2. The Hall–Kier alpha value is -1.85. The number of amides is 1. The fourth-order valence-electron chi connectivity index (χ4n) is 2.02.